The van der Waals surface area contributed by atoms with Gasteiger partial charge in [-0.25, -0.2) is 0 Å². The first-order chi connectivity index (χ1) is 11.8. The van der Waals surface area contributed by atoms with Crippen LogP contribution in [0.25, 0.3) is 22.5 Å². The van der Waals surface area contributed by atoms with E-state index in [4.69, 9.17) is 18.9 Å². The van der Waals surface area contributed by atoms with Crippen LogP contribution in [0, 0.1) is 6.07 Å². The number of aromatic nitrogens is 3. The van der Waals surface area contributed by atoms with Gasteiger partial charge < -0.3 is 18.9 Å². The summed E-state index contributed by atoms with van der Waals surface area (Å²) in [5.41, 5.74) is 3.06. The molecule has 1 aliphatic rings. The molecule has 7 heteroatoms. The summed E-state index contributed by atoms with van der Waals surface area (Å²) in [6.07, 6.45) is 0. The largest absolute Gasteiger partial charge is 0.497 e. The molecule has 1 radical (unpaired) electrons. The third-order valence-electron chi connectivity index (χ3n) is 3.77. The van der Waals surface area contributed by atoms with Crippen LogP contribution >= 0.6 is 0 Å². The molecule has 0 fully saturated rings. The van der Waals surface area contributed by atoms with Gasteiger partial charge in [-0.15, -0.1) is 5.10 Å². The Kier molecular flexibility index (Phi) is 3.45. The number of H-pyrrole nitrogens is 1. The van der Waals surface area contributed by atoms with Gasteiger partial charge in [-0.1, -0.05) is 5.21 Å². The van der Waals surface area contributed by atoms with Crippen LogP contribution in [0.5, 0.6) is 23.0 Å². The summed E-state index contributed by atoms with van der Waals surface area (Å²) in [5, 5.41) is 11.0. The second-order valence-corrected chi connectivity index (χ2v) is 5.09. The molecule has 24 heavy (non-hydrogen) atoms. The number of rotatable bonds is 4. The van der Waals surface area contributed by atoms with E-state index in [1.165, 1.54) is 0 Å². The normalized spacial score (nSPS) is 12.2. The number of nitrogens with one attached hydrogen (secondary N) is 1. The molecule has 4 rings (SSSR count). The van der Waals surface area contributed by atoms with Crippen molar-refractivity contribution < 1.29 is 18.9 Å². The summed E-state index contributed by atoms with van der Waals surface area (Å²) < 4.78 is 21.4. The molecular formula is C17H14N3O4. The SMILES string of the molecule is COc1c[c]c(-c2[nH]nnc2-c2cc(OC)c3c(c2)OCO3)cc1. The zero-order valence-corrected chi connectivity index (χ0v) is 13.1. The summed E-state index contributed by atoms with van der Waals surface area (Å²) in [5.74, 6) is 2.55. The van der Waals surface area contributed by atoms with Gasteiger partial charge in [-0.05, 0) is 36.4 Å². The molecule has 1 N–H and O–H groups in total. The molecule has 0 bridgehead atoms. The fourth-order valence-corrected chi connectivity index (χ4v) is 2.58. The highest BCUT2D eigenvalue weighted by Crippen LogP contribution is 2.44. The van der Waals surface area contributed by atoms with Crippen molar-refractivity contribution in [1.29, 1.82) is 0 Å². The van der Waals surface area contributed by atoms with E-state index in [2.05, 4.69) is 21.5 Å². The van der Waals surface area contributed by atoms with Crippen molar-refractivity contribution in [2.24, 2.45) is 0 Å². The predicted molar refractivity (Wildman–Crippen MR) is 85.3 cm³/mol. The van der Waals surface area contributed by atoms with Crippen molar-refractivity contribution >= 4 is 0 Å². The van der Waals surface area contributed by atoms with Crippen LogP contribution in [0.2, 0.25) is 0 Å². The third-order valence-corrected chi connectivity index (χ3v) is 3.77. The quantitative estimate of drug-likeness (QED) is 0.795. The van der Waals surface area contributed by atoms with Crippen LogP contribution in [-0.2, 0) is 0 Å². The van der Waals surface area contributed by atoms with Crippen molar-refractivity contribution in [2.75, 3.05) is 21.0 Å². The Morgan fingerprint density at radius 3 is 2.83 bits per heavy atom. The topological polar surface area (TPSA) is 78.5 Å². The number of aromatic amines is 1. The molecule has 0 saturated heterocycles. The van der Waals surface area contributed by atoms with Crippen LogP contribution in [0.4, 0.5) is 0 Å². The third kappa shape index (κ3) is 2.30. The van der Waals surface area contributed by atoms with Crippen molar-refractivity contribution in [3.05, 3.63) is 36.4 Å². The monoisotopic (exact) mass is 324 g/mol. The van der Waals surface area contributed by atoms with E-state index in [9.17, 15) is 0 Å². The number of methoxy groups -OCH3 is 2. The van der Waals surface area contributed by atoms with E-state index >= 15 is 0 Å². The Bertz CT molecular complexity index is 874. The van der Waals surface area contributed by atoms with Crippen molar-refractivity contribution in [1.82, 2.24) is 15.4 Å². The number of ether oxygens (including phenoxy) is 4. The zero-order chi connectivity index (χ0) is 16.5. The summed E-state index contributed by atoms with van der Waals surface area (Å²) in [6, 6.07) is 12.4. The average Bonchev–Trinajstić information content (AvgIpc) is 3.29. The molecule has 0 unspecified atom stereocenters. The molecule has 0 spiro atoms. The summed E-state index contributed by atoms with van der Waals surface area (Å²) >= 11 is 0. The molecule has 2 aromatic carbocycles. The number of nitrogens with zero attached hydrogens (tertiary/aromatic N) is 2. The minimum Gasteiger partial charge on any atom is -0.497 e. The van der Waals surface area contributed by atoms with E-state index in [-0.39, 0.29) is 6.79 Å². The first-order valence-electron chi connectivity index (χ1n) is 7.25. The van der Waals surface area contributed by atoms with Gasteiger partial charge in [-0.2, -0.15) is 0 Å². The smallest absolute Gasteiger partial charge is 0.231 e. The van der Waals surface area contributed by atoms with Crippen molar-refractivity contribution in [3.63, 3.8) is 0 Å². The maximum Gasteiger partial charge on any atom is 0.231 e. The molecule has 0 atom stereocenters. The van der Waals surface area contributed by atoms with Crippen LogP contribution in [0.3, 0.4) is 0 Å². The summed E-state index contributed by atoms with van der Waals surface area (Å²) in [7, 11) is 3.20. The minimum atomic E-state index is 0.174. The molecule has 0 saturated carbocycles. The first kappa shape index (κ1) is 14.4. The van der Waals surface area contributed by atoms with E-state index in [0.29, 0.717) is 22.9 Å². The van der Waals surface area contributed by atoms with E-state index in [1.807, 2.05) is 24.3 Å². The molecule has 1 aliphatic heterocycles. The van der Waals surface area contributed by atoms with Crippen LogP contribution in [0.1, 0.15) is 0 Å². The fourth-order valence-electron chi connectivity index (χ4n) is 2.58. The van der Waals surface area contributed by atoms with Gasteiger partial charge in [-0.3, -0.25) is 5.10 Å². The number of fused-ring (bicyclic) bond motifs is 1. The van der Waals surface area contributed by atoms with Gasteiger partial charge in [0.1, 0.15) is 11.4 Å². The van der Waals surface area contributed by atoms with Crippen LogP contribution in [0.15, 0.2) is 30.3 Å². The predicted octanol–water partition coefficient (Wildman–Crippen LogP) is 2.68. The van der Waals surface area contributed by atoms with Gasteiger partial charge in [0.25, 0.3) is 0 Å². The average molecular weight is 324 g/mol. The second kappa shape index (κ2) is 5.77. The Labute approximate surface area is 138 Å². The second-order valence-electron chi connectivity index (χ2n) is 5.09. The minimum absolute atomic E-state index is 0.174. The Morgan fingerprint density at radius 2 is 2.08 bits per heavy atom. The van der Waals surface area contributed by atoms with Crippen LogP contribution in [-0.4, -0.2) is 36.4 Å². The molecule has 2 heterocycles. The highest BCUT2D eigenvalue weighted by Gasteiger charge is 2.23. The van der Waals surface area contributed by atoms with Crippen LogP contribution < -0.4 is 18.9 Å². The lowest BCUT2D eigenvalue weighted by molar-refractivity contribution is 0.171. The fraction of sp³-hybridized carbons (Fsp3) is 0.176. The Hall–Kier alpha value is -3.22. The molecular weight excluding hydrogens is 310 g/mol. The summed E-state index contributed by atoms with van der Waals surface area (Å²) in [4.78, 5) is 0. The lowest BCUT2D eigenvalue weighted by Gasteiger charge is -2.08. The molecule has 0 aliphatic carbocycles. The van der Waals surface area contributed by atoms with Gasteiger partial charge in [0.15, 0.2) is 11.5 Å². The van der Waals surface area contributed by atoms with E-state index < -0.39 is 0 Å². The van der Waals surface area contributed by atoms with Gasteiger partial charge in [0.2, 0.25) is 12.5 Å². The molecule has 1 aromatic heterocycles. The summed E-state index contributed by atoms with van der Waals surface area (Å²) in [6.45, 7) is 0.174. The Balaban J connectivity index is 1.80. The maximum absolute atomic E-state index is 5.47. The highest BCUT2D eigenvalue weighted by molar-refractivity contribution is 5.80. The Morgan fingerprint density at radius 1 is 1.17 bits per heavy atom. The number of hydrogen-bond acceptors (Lipinski definition) is 6. The van der Waals surface area contributed by atoms with Gasteiger partial charge >= 0.3 is 0 Å². The molecule has 7 nitrogen and oxygen atoms in total. The van der Waals surface area contributed by atoms with Gasteiger partial charge in [0.05, 0.1) is 19.9 Å². The van der Waals surface area contributed by atoms with E-state index in [1.54, 1.807) is 20.3 Å². The molecule has 3 aromatic rings. The van der Waals surface area contributed by atoms with Gasteiger partial charge in [0, 0.05) is 11.1 Å². The highest BCUT2D eigenvalue weighted by atomic mass is 16.7. The molecule has 121 valence electrons. The lowest BCUT2D eigenvalue weighted by Crippen LogP contribution is -1.93. The zero-order valence-electron chi connectivity index (χ0n) is 13.1. The lowest BCUT2D eigenvalue weighted by atomic mass is 10.0. The molecule has 0 amide bonds. The number of hydrogen-bond donors (Lipinski definition) is 1. The van der Waals surface area contributed by atoms with E-state index in [0.717, 1.165) is 22.6 Å². The first-order valence-corrected chi connectivity index (χ1v) is 7.25. The van der Waals surface area contributed by atoms with Crippen molar-refractivity contribution in [3.8, 4) is 45.5 Å². The van der Waals surface area contributed by atoms with Crippen molar-refractivity contribution in [2.45, 2.75) is 0 Å². The number of benzene rings is 2. The standard InChI is InChI=1S/C17H14N3O4/c1-21-12-5-3-10(4-6-12)15-16(19-20-18-15)11-7-13(22-2)17-14(8-11)23-9-24-17/h3,5-8H,9H2,1-2H3,(H,18,19,20). The maximum atomic E-state index is 5.47.